The van der Waals surface area contributed by atoms with Gasteiger partial charge in [0.05, 0.1) is 0 Å². The molecule has 0 amide bonds. The summed E-state index contributed by atoms with van der Waals surface area (Å²) in [6, 6.07) is 2.14. The van der Waals surface area contributed by atoms with E-state index in [4.69, 9.17) is 5.73 Å². The average Bonchev–Trinajstić information content (AvgIpc) is 2.34. The summed E-state index contributed by atoms with van der Waals surface area (Å²) >= 11 is 0. The molecule has 1 aromatic rings. The zero-order chi connectivity index (χ0) is 12.4. The van der Waals surface area contributed by atoms with Gasteiger partial charge >= 0.3 is 0 Å². The molecule has 1 fully saturated rings. The zero-order valence-electron chi connectivity index (χ0n) is 10.2. The molecule has 1 unspecified atom stereocenters. The first kappa shape index (κ1) is 12.5. The van der Waals surface area contributed by atoms with Crippen molar-refractivity contribution in [3.63, 3.8) is 0 Å². The number of nitrogens with two attached hydrogens (primary N) is 1. The average molecular weight is 239 g/mol. The third-order valence-corrected chi connectivity index (χ3v) is 3.79. The Bertz CT molecular complexity index is 397. The summed E-state index contributed by atoms with van der Waals surface area (Å²) < 4.78 is 27.3. The van der Waals surface area contributed by atoms with Crippen molar-refractivity contribution in [3.05, 3.63) is 34.9 Å². The fourth-order valence-electron chi connectivity index (χ4n) is 2.66. The monoisotopic (exact) mass is 239 g/mol. The number of aryl methyl sites for hydroxylation is 1. The molecule has 2 rings (SSSR count). The molecule has 0 aliphatic heterocycles. The Hall–Kier alpha value is -0.960. The largest absolute Gasteiger partial charge is 0.324 e. The maximum Gasteiger partial charge on any atom is 0.128 e. The summed E-state index contributed by atoms with van der Waals surface area (Å²) in [4.78, 5) is 0. The number of halogens is 2. The van der Waals surface area contributed by atoms with E-state index in [1.807, 2.05) is 0 Å². The van der Waals surface area contributed by atoms with Crippen molar-refractivity contribution in [2.24, 2.45) is 11.7 Å². The highest BCUT2D eigenvalue weighted by Gasteiger charge is 2.24. The van der Waals surface area contributed by atoms with E-state index in [0.717, 1.165) is 25.7 Å². The highest BCUT2D eigenvalue weighted by molar-refractivity contribution is 5.28. The molecule has 1 aliphatic rings. The number of hydrogen-bond donors (Lipinski definition) is 1. The Labute approximate surface area is 101 Å². The van der Waals surface area contributed by atoms with E-state index in [0.29, 0.717) is 17.0 Å². The molecule has 0 radical (unpaired) electrons. The third kappa shape index (κ3) is 2.65. The predicted octanol–water partition coefficient (Wildman–Crippen LogP) is 3.85. The minimum Gasteiger partial charge on any atom is -0.324 e. The predicted molar refractivity (Wildman–Crippen MR) is 64.6 cm³/mol. The quantitative estimate of drug-likeness (QED) is 0.833. The lowest BCUT2D eigenvalue weighted by Crippen LogP contribution is -2.24. The van der Waals surface area contributed by atoms with Crippen molar-refractivity contribution >= 4 is 0 Å². The van der Waals surface area contributed by atoms with E-state index in [1.54, 1.807) is 6.92 Å². The second kappa shape index (κ2) is 5.13. The van der Waals surface area contributed by atoms with Gasteiger partial charge in [-0.2, -0.15) is 0 Å². The van der Waals surface area contributed by atoms with E-state index in [2.05, 4.69) is 0 Å². The van der Waals surface area contributed by atoms with Gasteiger partial charge in [-0.3, -0.25) is 0 Å². The Kier molecular flexibility index (Phi) is 3.77. The molecular formula is C14H19F2N. The van der Waals surface area contributed by atoms with Crippen molar-refractivity contribution in [3.8, 4) is 0 Å². The van der Waals surface area contributed by atoms with Gasteiger partial charge < -0.3 is 5.73 Å². The first-order valence-electron chi connectivity index (χ1n) is 6.30. The lowest BCUT2D eigenvalue weighted by molar-refractivity contribution is 0.303. The van der Waals surface area contributed by atoms with Crippen molar-refractivity contribution in [2.45, 2.75) is 45.1 Å². The normalized spacial score (nSPS) is 19.3. The van der Waals surface area contributed by atoms with E-state index in [9.17, 15) is 8.78 Å². The number of benzene rings is 1. The molecule has 3 heteroatoms. The van der Waals surface area contributed by atoms with Crippen molar-refractivity contribution in [2.75, 3.05) is 0 Å². The summed E-state index contributed by atoms with van der Waals surface area (Å²) in [7, 11) is 0. The molecule has 1 aromatic carbocycles. The van der Waals surface area contributed by atoms with Gasteiger partial charge in [0.25, 0.3) is 0 Å². The maximum atomic E-state index is 13.8. The maximum absolute atomic E-state index is 13.8. The van der Waals surface area contributed by atoms with Gasteiger partial charge in [-0.05, 0) is 43.4 Å². The molecule has 0 saturated heterocycles. The van der Waals surface area contributed by atoms with Crippen LogP contribution in [0.3, 0.4) is 0 Å². The van der Waals surface area contributed by atoms with Crippen molar-refractivity contribution in [1.82, 2.24) is 0 Å². The summed E-state index contributed by atoms with van der Waals surface area (Å²) in [5, 5.41) is 0. The molecule has 1 atom stereocenters. The zero-order valence-corrected chi connectivity index (χ0v) is 10.2. The van der Waals surface area contributed by atoms with E-state index < -0.39 is 0 Å². The van der Waals surface area contributed by atoms with Crippen LogP contribution in [-0.2, 0) is 0 Å². The van der Waals surface area contributed by atoms with Gasteiger partial charge in [0, 0.05) is 11.6 Å². The molecule has 0 bridgehead atoms. The second-order valence-corrected chi connectivity index (χ2v) is 5.05. The van der Waals surface area contributed by atoms with Crippen LogP contribution in [0.1, 0.15) is 49.3 Å². The Morgan fingerprint density at radius 2 is 1.76 bits per heavy atom. The molecule has 0 heterocycles. The summed E-state index contributed by atoms with van der Waals surface area (Å²) in [6.45, 7) is 1.56. The molecular weight excluding hydrogens is 220 g/mol. The van der Waals surface area contributed by atoms with Gasteiger partial charge in [-0.1, -0.05) is 19.3 Å². The van der Waals surface area contributed by atoms with Crippen LogP contribution in [0.25, 0.3) is 0 Å². The highest BCUT2D eigenvalue weighted by atomic mass is 19.1. The highest BCUT2D eigenvalue weighted by Crippen LogP contribution is 2.34. The Morgan fingerprint density at radius 1 is 1.12 bits per heavy atom. The number of hydrogen-bond acceptors (Lipinski definition) is 1. The van der Waals surface area contributed by atoms with E-state index >= 15 is 0 Å². The molecule has 2 N–H and O–H groups in total. The summed E-state index contributed by atoms with van der Waals surface area (Å²) in [5.74, 6) is -0.449. The molecule has 0 spiro atoms. The molecule has 0 aromatic heterocycles. The molecule has 1 nitrogen and oxygen atoms in total. The lowest BCUT2D eigenvalue weighted by Gasteiger charge is -2.28. The number of rotatable bonds is 2. The molecule has 1 aliphatic carbocycles. The van der Waals surface area contributed by atoms with Gasteiger partial charge in [-0.15, -0.1) is 0 Å². The fourth-order valence-corrected chi connectivity index (χ4v) is 2.66. The van der Waals surface area contributed by atoms with Gasteiger partial charge in [0.1, 0.15) is 11.6 Å². The van der Waals surface area contributed by atoms with Crippen LogP contribution >= 0.6 is 0 Å². The van der Waals surface area contributed by atoms with Gasteiger partial charge in [0.15, 0.2) is 0 Å². The van der Waals surface area contributed by atoms with Crippen LogP contribution in [0.4, 0.5) is 8.78 Å². The van der Waals surface area contributed by atoms with Crippen LogP contribution in [0.5, 0.6) is 0 Å². The fraction of sp³-hybridized carbons (Fsp3) is 0.571. The minimum atomic E-state index is -0.373. The van der Waals surface area contributed by atoms with Gasteiger partial charge in [0.2, 0.25) is 0 Å². The van der Waals surface area contributed by atoms with Crippen LogP contribution in [0.15, 0.2) is 12.1 Å². The van der Waals surface area contributed by atoms with Crippen molar-refractivity contribution in [1.29, 1.82) is 0 Å². The topological polar surface area (TPSA) is 26.0 Å². The lowest BCUT2D eigenvalue weighted by atomic mass is 9.81. The van der Waals surface area contributed by atoms with E-state index in [-0.39, 0.29) is 17.7 Å². The summed E-state index contributed by atoms with van der Waals surface area (Å²) in [6.07, 6.45) is 5.57. The first-order valence-corrected chi connectivity index (χ1v) is 6.30. The van der Waals surface area contributed by atoms with Crippen LogP contribution < -0.4 is 5.73 Å². The second-order valence-electron chi connectivity index (χ2n) is 5.05. The van der Waals surface area contributed by atoms with Crippen molar-refractivity contribution < 1.29 is 8.78 Å². The van der Waals surface area contributed by atoms with E-state index in [1.165, 1.54) is 18.6 Å². The van der Waals surface area contributed by atoms with Crippen LogP contribution in [0, 0.1) is 24.5 Å². The minimum absolute atomic E-state index is 0.292. The molecule has 17 heavy (non-hydrogen) atoms. The first-order chi connectivity index (χ1) is 8.09. The van der Waals surface area contributed by atoms with Crippen LogP contribution in [-0.4, -0.2) is 0 Å². The molecule has 1 saturated carbocycles. The summed E-state index contributed by atoms with van der Waals surface area (Å²) in [5.41, 5.74) is 6.75. The van der Waals surface area contributed by atoms with Crippen LogP contribution in [0.2, 0.25) is 0 Å². The smallest absolute Gasteiger partial charge is 0.128 e. The van der Waals surface area contributed by atoms with Gasteiger partial charge in [-0.25, -0.2) is 8.78 Å². The third-order valence-electron chi connectivity index (χ3n) is 3.79. The Morgan fingerprint density at radius 3 is 2.41 bits per heavy atom. The Balaban J connectivity index is 2.23. The standard InChI is InChI=1S/C14H19F2N/c1-9-7-13(16)11(8-12(9)15)14(17)10-5-3-2-4-6-10/h7-8,10,14H,2-6,17H2,1H3. The SMILES string of the molecule is Cc1cc(F)c(C(N)C2CCCCC2)cc1F. The molecule has 94 valence electrons.